The minimum atomic E-state index is -0.236. The van der Waals surface area contributed by atoms with Crippen LogP contribution < -0.4 is 0 Å². The fourth-order valence-electron chi connectivity index (χ4n) is 2.22. The molecule has 0 spiro atoms. The van der Waals surface area contributed by atoms with Crippen LogP contribution in [0.3, 0.4) is 0 Å². The average Bonchev–Trinajstić information content (AvgIpc) is 2.25. The van der Waals surface area contributed by atoms with Gasteiger partial charge in [-0.25, -0.2) is 0 Å². The largest absolute Gasteiger partial charge is 0.299 e. The molecule has 1 fully saturated rings. The Morgan fingerprint density at radius 1 is 1.27 bits per heavy atom. The SMILES string of the molecule is CCCCCCC(=O)C1CCCCC1=O. The van der Waals surface area contributed by atoms with E-state index < -0.39 is 0 Å². The molecule has 0 amide bonds. The lowest BCUT2D eigenvalue weighted by molar-refractivity contribution is -0.134. The van der Waals surface area contributed by atoms with Crippen LogP contribution in [-0.2, 0) is 9.59 Å². The van der Waals surface area contributed by atoms with Crippen molar-refractivity contribution in [2.45, 2.75) is 64.7 Å². The van der Waals surface area contributed by atoms with Gasteiger partial charge in [0.25, 0.3) is 0 Å². The van der Waals surface area contributed by atoms with E-state index in [4.69, 9.17) is 0 Å². The Kier molecular flexibility index (Phi) is 5.59. The summed E-state index contributed by atoms with van der Waals surface area (Å²) < 4.78 is 0. The summed E-state index contributed by atoms with van der Waals surface area (Å²) in [5.41, 5.74) is 0. The first-order valence-corrected chi connectivity index (χ1v) is 6.31. The molecule has 0 aromatic carbocycles. The van der Waals surface area contributed by atoms with Crippen molar-refractivity contribution < 1.29 is 9.59 Å². The van der Waals surface area contributed by atoms with Gasteiger partial charge in [0.1, 0.15) is 11.6 Å². The van der Waals surface area contributed by atoms with Crippen LogP contribution in [0.2, 0.25) is 0 Å². The highest BCUT2D eigenvalue weighted by molar-refractivity contribution is 6.02. The molecule has 0 bridgehead atoms. The molecule has 0 aliphatic heterocycles. The lowest BCUT2D eigenvalue weighted by Crippen LogP contribution is -2.27. The summed E-state index contributed by atoms with van der Waals surface area (Å²) in [6.07, 6.45) is 8.59. The van der Waals surface area contributed by atoms with Crippen LogP contribution in [0.15, 0.2) is 0 Å². The molecule has 1 saturated carbocycles. The van der Waals surface area contributed by atoms with Crippen LogP contribution in [0.1, 0.15) is 64.7 Å². The molecule has 86 valence electrons. The monoisotopic (exact) mass is 210 g/mol. The van der Waals surface area contributed by atoms with Gasteiger partial charge in [0.2, 0.25) is 0 Å². The number of carbonyl (C=O) groups is 2. The third kappa shape index (κ3) is 4.15. The number of rotatable bonds is 6. The summed E-state index contributed by atoms with van der Waals surface area (Å²) >= 11 is 0. The number of Topliss-reactive ketones (excluding diaryl/α,β-unsaturated/α-hetero) is 2. The third-order valence-corrected chi connectivity index (χ3v) is 3.22. The first kappa shape index (κ1) is 12.4. The molecular formula is C13H22O2. The first-order valence-electron chi connectivity index (χ1n) is 6.31. The zero-order valence-corrected chi connectivity index (χ0v) is 9.76. The Morgan fingerprint density at radius 3 is 2.73 bits per heavy atom. The Bertz CT molecular complexity index is 221. The second-order valence-corrected chi connectivity index (χ2v) is 4.54. The molecule has 1 aliphatic carbocycles. The molecule has 0 heterocycles. The smallest absolute Gasteiger partial charge is 0.143 e. The van der Waals surface area contributed by atoms with Crippen LogP contribution in [0.5, 0.6) is 0 Å². The lowest BCUT2D eigenvalue weighted by atomic mass is 9.83. The summed E-state index contributed by atoms with van der Waals surface area (Å²) in [7, 11) is 0. The van der Waals surface area contributed by atoms with Crippen molar-refractivity contribution in [3.8, 4) is 0 Å². The molecule has 1 rings (SSSR count). The van der Waals surface area contributed by atoms with Crippen LogP contribution in [0.25, 0.3) is 0 Å². The Labute approximate surface area is 92.4 Å². The van der Waals surface area contributed by atoms with E-state index in [1.165, 1.54) is 12.8 Å². The number of hydrogen-bond donors (Lipinski definition) is 0. The van der Waals surface area contributed by atoms with Crippen molar-refractivity contribution >= 4 is 11.6 Å². The topological polar surface area (TPSA) is 34.1 Å². The van der Waals surface area contributed by atoms with Gasteiger partial charge >= 0.3 is 0 Å². The van der Waals surface area contributed by atoms with Gasteiger partial charge in [-0.1, -0.05) is 32.6 Å². The Morgan fingerprint density at radius 2 is 2.07 bits per heavy atom. The van der Waals surface area contributed by atoms with Gasteiger partial charge in [0, 0.05) is 12.8 Å². The summed E-state index contributed by atoms with van der Waals surface area (Å²) in [5.74, 6) is 0.165. The zero-order chi connectivity index (χ0) is 11.1. The molecule has 2 heteroatoms. The minimum Gasteiger partial charge on any atom is -0.299 e. The van der Waals surface area contributed by atoms with Gasteiger partial charge in [0.05, 0.1) is 5.92 Å². The van der Waals surface area contributed by atoms with Crippen molar-refractivity contribution in [1.82, 2.24) is 0 Å². The van der Waals surface area contributed by atoms with Crippen molar-refractivity contribution in [3.63, 3.8) is 0 Å². The van der Waals surface area contributed by atoms with E-state index in [1.54, 1.807) is 0 Å². The van der Waals surface area contributed by atoms with Crippen LogP contribution >= 0.6 is 0 Å². The maximum absolute atomic E-state index is 11.8. The summed E-state index contributed by atoms with van der Waals surface area (Å²) in [6.45, 7) is 2.16. The maximum Gasteiger partial charge on any atom is 0.143 e. The van der Waals surface area contributed by atoms with Gasteiger partial charge in [0.15, 0.2) is 0 Å². The van der Waals surface area contributed by atoms with E-state index in [1.807, 2.05) is 0 Å². The van der Waals surface area contributed by atoms with Crippen molar-refractivity contribution in [2.75, 3.05) is 0 Å². The Hall–Kier alpha value is -0.660. The highest BCUT2D eigenvalue weighted by Gasteiger charge is 2.27. The number of ketones is 2. The Balaban J connectivity index is 2.23. The highest BCUT2D eigenvalue weighted by Crippen LogP contribution is 2.23. The standard InChI is InChI=1S/C13H22O2/c1-2-3-4-5-9-12(14)11-8-6-7-10-13(11)15/h11H,2-10H2,1H3. The molecule has 0 aromatic rings. The van der Waals surface area contributed by atoms with E-state index >= 15 is 0 Å². The van der Waals surface area contributed by atoms with E-state index in [0.717, 1.165) is 32.1 Å². The van der Waals surface area contributed by atoms with Crippen LogP contribution in [-0.4, -0.2) is 11.6 Å². The fraction of sp³-hybridized carbons (Fsp3) is 0.846. The maximum atomic E-state index is 11.8. The summed E-state index contributed by atoms with van der Waals surface area (Å²) in [5, 5.41) is 0. The van der Waals surface area contributed by atoms with Crippen LogP contribution in [0.4, 0.5) is 0 Å². The van der Waals surface area contributed by atoms with Crippen LogP contribution in [0, 0.1) is 5.92 Å². The van der Waals surface area contributed by atoms with Gasteiger partial charge in [-0.15, -0.1) is 0 Å². The summed E-state index contributed by atoms with van der Waals surface area (Å²) in [6, 6.07) is 0. The number of unbranched alkanes of at least 4 members (excludes halogenated alkanes) is 3. The fourth-order valence-corrected chi connectivity index (χ4v) is 2.22. The number of hydrogen-bond acceptors (Lipinski definition) is 2. The predicted octanol–water partition coefficient (Wildman–Crippen LogP) is 3.29. The van der Waals surface area contributed by atoms with Crippen molar-refractivity contribution in [2.24, 2.45) is 5.92 Å². The predicted molar refractivity (Wildman–Crippen MR) is 60.7 cm³/mol. The molecule has 2 nitrogen and oxygen atoms in total. The number of carbonyl (C=O) groups excluding carboxylic acids is 2. The highest BCUT2D eigenvalue weighted by atomic mass is 16.1. The van der Waals surface area contributed by atoms with E-state index in [-0.39, 0.29) is 17.5 Å². The van der Waals surface area contributed by atoms with Gasteiger partial charge < -0.3 is 0 Å². The summed E-state index contributed by atoms with van der Waals surface area (Å²) in [4.78, 5) is 23.3. The second kappa shape index (κ2) is 6.76. The molecule has 0 N–H and O–H groups in total. The quantitative estimate of drug-likeness (QED) is 0.498. The van der Waals surface area contributed by atoms with E-state index in [0.29, 0.717) is 12.8 Å². The normalized spacial score (nSPS) is 21.7. The average molecular weight is 210 g/mol. The molecule has 1 atom stereocenters. The van der Waals surface area contributed by atoms with Crippen molar-refractivity contribution in [1.29, 1.82) is 0 Å². The van der Waals surface area contributed by atoms with Gasteiger partial charge in [-0.2, -0.15) is 0 Å². The first-order chi connectivity index (χ1) is 7.25. The van der Waals surface area contributed by atoms with E-state index in [2.05, 4.69) is 6.92 Å². The second-order valence-electron chi connectivity index (χ2n) is 4.54. The molecule has 15 heavy (non-hydrogen) atoms. The molecule has 0 radical (unpaired) electrons. The molecule has 1 unspecified atom stereocenters. The molecular weight excluding hydrogens is 188 g/mol. The van der Waals surface area contributed by atoms with Crippen molar-refractivity contribution in [3.05, 3.63) is 0 Å². The zero-order valence-electron chi connectivity index (χ0n) is 9.76. The van der Waals surface area contributed by atoms with E-state index in [9.17, 15) is 9.59 Å². The molecule has 1 aliphatic rings. The molecule has 0 saturated heterocycles. The molecule has 0 aromatic heterocycles. The van der Waals surface area contributed by atoms with Gasteiger partial charge in [-0.05, 0) is 19.3 Å². The lowest BCUT2D eigenvalue weighted by Gasteiger charge is -2.18. The minimum absolute atomic E-state index is 0.196. The third-order valence-electron chi connectivity index (χ3n) is 3.22. The van der Waals surface area contributed by atoms with Gasteiger partial charge in [-0.3, -0.25) is 9.59 Å².